The molecule has 2 aromatic rings. The van der Waals surface area contributed by atoms with Gasteiger partial charge in [-0.05, 0) is 18.9 Å². The van der Waals surface area contributed by atoms with Gasteiger partial charge in [-0.1, -0.05) is 0 Å². The summed E-state index contributed by atoms with van der Waals surface area (Å²) in [4.78, 5) is 22.9. The van der Waals surface area contributed by atoms with E-state index in [9.17, 15) is 18.4 Å². The first-order valence-electron chi connectivity index (χ1n) is 6.40. The highest BCUT2D eigenvalue weighted by Gasteiger charge is 2.22. The topological polar surface area (TPSA) is 77.1 Å². The Hall–Kier alpha value is -2.51. The number of hydrogen-bond acceptors (Lipinski definition) is 3. The molecule has 1 aromatic heterocycles. The van der Waals surface area contributed by atoms with Crippen molar-refractivity contribution in [2.24, 2.45) is 0 Å². The van der Waals surface area contributed by atoms with Crippen molar-refractivity contribution in [3.63, 3.8) is 0 Å². The van der Waals surface area contributed by atoms with E-state index in [1.54, 1.807) is 0 Å². The summed E-state index contributed by atoms with van der Waals surface area (Å²) in [7, 11) is 0. The van der Waals surface area contributed by atoms with E-state index in [1.165, 1.54) is 4.57 Å². The third-order valence-corrected chi connectivity index (χ3v) is 3.47. The molecular weight excluding hydrogens is 284 g/mol. The van der Waals surface area contributed by atoms with Gasteiger partial charge in [0.1, 0.15) is 23.1 Å². The lowest BCUT2D eigenvalue weighted by atomic mass is 10.2. The van der Waals surface area contributed by atoms with Crippen LogP contribution in [0.5, 0.6) is 0 Å². The zero-order chi connectivity index (χ0) is 15.1. The van der Waals surface area contributed by atoms with Gasteiger partial charge >= 0.3 is 11.7 Å². The summed E-state index contributed by atoms with van der Waals surface area (Å²) in [6.07, 6.45) is 2.30. The Bertz CT molecular complexity index is 795. The van der Waals surface area contributed by atoms with Crippen LogP contribution >= 0.6 is 0 Å². The maximum Gasteiger partial charge on any atom is 0.350 e. The summed E-state index contributed by atoms with van der Waals surface area (Å²) in [5, 5.41) is 12.8. The second kappa shape index (κ2) is 4.80. The molecule has 110 valence electrons. The summed E-state index contributed by atoms with van der Waals surface area (Å²) in [6, 6.07) is 1.23. The van der Waals surface area contributed by atoms with E-state index in [1.807, 2.05) is 0 Å². The number of rotatable bonds is 2. The Kier molecular flexibility index (Phi) is 3.08. The lowest BCUT2D eigenvalue weighted by molar-refractivity contribution is 0.0691. The molecule has 1 N–H and O–H groups in total. The van der Waals surface area contributed by atoms with Gasteiger partial charge in [-0.15, -0.1) is 5.10 Å². The molecular formula is C13H11F2N3O3. The van der Waals surface area contributed by atoms with Crippen molar-refractivity contribution in [2.45, 2.75) is 25.8 Å². The van der Waals surface area contributed by atoms with Crippen LogP contribution in [-0.4, -0.2) is 25.4 Å². The van der Waals surface area contributed by atoms with E-state index in [0.717, 1.165) is 17.5 Å². The first-order valence-corrected chi connectivity index (χ1v) is 6.40. The smallest absolute Gasteiger partial charge is 0.350 e. The van der Waals surface area contributed by atoms with E-state index >= 15 is 0 Å². The van der Waals surface area contributed by atoms with E-state index < -0.39 is 28.9 Å². The summed E-state index contributed by atoms with van der Waals surface area (Å²) >= 11 is 0. The molecule has 0 unspecified atom stereocenters. The van der Waals surface area contributed by atoms with Crippen LogP contribution in [0.4, 0.5) is 8.78 Å². The van der Waals surface area contributed by atoms with E-state index in [0.29, 0.717) is 30.9 Å². The Morgan fingerprint density at radius 2 is 2.00 bits per heavy atom. The Balaban J connectivity index is 2.18. The normalized spacial score (nSPS) is 14.0. The molecule has 0 fully saturated rings. The minimum atomic E-state index is -1.57. The molecule has 2 heterocycles. The Morgan fingerprint density at radius 1 is 1.24 bits per heavy atom. The number of fused-ring (bicyclic) bond motifs is 1. The molecule has 21 heavy (non-hydrogen) atoms. The first kappa shape index (κ1) is 13.5. The zero-order valence-electron chi connectivity index (χ0n) is 10.8. The molecule has 8 heteroatoms. The van der Waals surface area contributed by atoms with Gasteiger partial charge in [-0.2, -0.15) is 4.68 Å². The van der Waals surface area contributed by atoms with Crippen molar-refractivity contribution >= 4 is 5.97 Å². The fraction of sp³-hybridized carbons (Fsp3) is 0.308. The van der Waals surface area contributed by atoms with Crippen LogP contribution < -0.4 is 5.69 Å². The number of aromatic carboxylic acids is 1. The maximum absolute atomic E-state index is 14.0. The van der Waals surface area contributed by atoms with Gasteiger partial charge in [-0.3, -0.25) is 4.57 Å². The van der Waals surface area contributed by atoms with Crippen LogP contribution in [0.3, 0.4) is 0 Å². The summed E-state index contributed by atoms with van der Waals surface area (Å²) in [6.45, 7) is 0.492. The molecule has 6 nitrogen and oxygen atoms in total. The number of benzene rings is 1. The van der Waals surface area contributed by atoms with Gasteiger partial charge in [0.25, 0.3) is 0 Å². The molecule has 0 atom stereocenters. The highest BCUT2D eigenvalue weighted by atomic mass is 19.1. The van der Waals surface area contributed by atoms with Crippen molar-refractivity contribution in [1.82, 2.24) is 14.3 Å². The third kappa shape index (κ3) is 2.12. The summed E-state index contributed by atoms with van der Waals surface area (Å²) in [5.41, 5.74) is -1.72. The van der Waals surface area contributed by atoms with Crippen LogP contribution in [-0.2, 0) is 13.0 Å². The SMILES string of the molecule is O=C(O)c1cc(F)c(-n2nc3n(c2=O)CCCC3)cc1F. The van der Waals surface area contributed by atoms with Crippen molar-refractivity contribution < 1.29 is 18.7 Å². The molecule has 0 aliphatic carbocycles. The monoisotopic (exact) mass is 295 g/mol. The van der Waals surface area contributed by atoms with Crippen LogP contribution in [0.15, 0.2) is 16.9 Å². The minimum absolute atomic E-state index is 0.385. The molecule has 0 saturated carbocycles. The van der Waals surface area contributed by atoms with Gasteiger partial charge in [0.2, 0.25) is 0 Å². The predicted molar refractivity (Wildman–Crippen MR) is 67.6 cm³/mol. The highest BCUT2D eigenvalue weighted by molar-refractivity contribution is 5.88. The zero-order valence-corrected chi connectivity index (χ0v) is 10.8. The number of hydrogen-bond donors (Lipinski definition) is 1. The molecule has 3 rings (SSSR count). The first-order chi connectivity index (χ1) is 9.99. The Morgan fingerprint density at radius 3 is 2.67 bits per heavy atom. The average molecular weight is 295 g/mol. The fourth-order valence-corrected chi connectivity index (χ4v) is 2.42. The molecule has 0 amide bonds. The van der Waals surface area contributed by atoms with E-state index in [-0.39, 0.29) is 5.69 Å². The average Bonchev–Trinajstić information content (AvgIpc) is 2.78. The molecule has 1 aromatic carbocycles. The van der Waals surface area contributed by atoms with Gasteiger partial charge in [0.05, 0.1) is 5.56 Å². The van der Waals surface area contributed by atoms with Crippen molar-refractivity contribution in [3.8, 4) is 5.69 Å². The number of carboxylic acid groups (broad SMARTS) is 1. The third-order valence-electron chi connectivity index (χ3n) is 3.47. The number of halogens is 2. The van der Waals surface area contributed by atoms with Gasteiger partial charge in [0.15, 0.2) is 0 Å². The van der Waals surface area contributed by atoms with E-state index in [2.05, 4.69) is 5.10 Å². The molecule has 0 spiro atoms. The van der Waals surface area contributed by atoms with Gasteiger partial charge < -0.3 is 5.11 Å². The molecule has 0 radical (unpaired) electrons. The van der Waals surface area contributed by atoms with Crippen LogP contribution in [0, 0.1) is 11.6 Å². The summed E-state index contributed by atoms with van der Waals surface area (Å²) < 4.78 is 29.9. The van der Waals surface area contributed by atoms with Crippen LogP contribution in [0.2, 0.25) is 0 Å². The lowest BCUT2D eigenvalue weighted by Crippen LogP contribution is -2.26. The minimum Gasteiger partial charge on any atom is -0.478 e. The lowest BCUT2D eigenvalue weighted by Gasteiger charge is -2.09. The number of aryl methyl sites for hydroxylation is 1. The standard InChI is InChI=1S/C13H11F2N3O3/c14-8-6-10(9(15)5-7(8)12(19)20)18-13(21)17-4-2-1-3-11(17)16-18/h5-6H,1-4H2,(H,19,20). The maximum atomic E-state index is 14.0. The number of nitrogens with zero attached hydrogens (tertiary/aromatic N) is 3. The van der Waals surface area contributed by atoms with Crippen LogP contribution in [0.1, 0.15) is 29.0 Å². The predicted octanol–water partition coefficient (Wildman–Crippen LogP) is 1.35. The van der Waals surface area contributed by atoms with Crippen molar-refractivity contribution in [2.75, 3.05) is 0 Å². The molecule has 0 bridgehead atoms. The van der Waals surface area contributed by atoms with Crippen LogP contribution in [0.25, 0.3) is 5.69 Å². The number of carboxylic acids is 1. The largest absolute Gasteiger partial charge is 0.478 e. The molecule has 1 aliphatic heterocycles. The second-order valence-corrected chi connectivity index (χ2v) is 4.81. The second-order valence-electron chi connectivity index (χ2n) is 4.81. The van der Waals surface area contributed by atoms with E-state index in [4.69, 9.17) is 5.11 Å². The molecule has 0 saturated heterocycles. The fourth-order valence-electron chi connectivity index (χ4n) is 2.42. The quantitative estimate of drug-likeness (QED) is 0.907. The van der Waals surface area contributed by atoms with Gasteiger partial charge in [0, 0.05) is 19.0 Å². The number of carbonyl (C=O) groups is 1. The summed E-state index contributed by atoms with van der Waals surface area (Å²) in [5.74, 6) is -3.18. The highest BCUT2D eigenvalue weighted by Crippen LogP contribution is 2.18. The Labute approximate surface area is 117 Å². The van der Waals surface area contributed by atoms with Crippen molar-refractivity contribution in [3.05, 3.63) is 45.6 Å². The number of aromatic nitrogens is 3. The van der Waals surface area contributed by atoms with Gasteiger partial charge in [-0.25, -0.2) is 18.4 Å². The van der Waals surface area contributed by atoms with Crippen molar-refractivity contribution in [1.29, 1.82) is 0 Å². The molecule has 1 aliphatic rings.